The summed E-state index contributed by atoms with van der Waals surface area (Å²) < 4.78 is 15.1. The van der Waals surface area contributed by atoms with Crippen molar-refractivity contribution < 1.29 is 9.47 Å². The molecule has 0 aliphatic carbocycles. The second-order valence-electron chi connectivity index (χ2n) is 9.93. The fourth-order valence-electron chi connectivity index (χ4n) is 4.98. The van der Waals surface area contributed by atoms with Gasteiger partial charge in [0.05, 0.1) is 24.4 Å². The van der Waals surface area contributed by atoms with Gasteiger partial charge < -0.3 is 9.47 Å². The maximum atomic E-state index is 6.56. The summed E-state index contributed by atoms with van der Waals surface area (Å²) in [5, 5.41) is 0. The smallest absolute Gasteiger partial charge is 0.0606 e. The van der Waals surface area contributed by atoms with Crippen LogP contribution in [0.1, 0.15) is 92.4 Å². The van der Waals surface area contributed by atoms with Crippen LogP contribution in [0, 0.1) is 23.7 Å². The molecular formula is C26H45IO2. The van der Waals surface area contributed by atoms with Gasteiger partial charge in [0.15, 0.2) is 0 Å². The first-order chi connectivity index (χ1) is 13.9. The van der Waals surface area contributed by atoms with Crippen LogP contribution < -0.4 is 0 Å². The van der Waals surface area contributed by atoms with Crippen molar-refractivity contribution in [3.05, 3.63) is 22.3 Å². The molecule has 2 heterocycles. The quantitative estimate of drug-likeness (QED) is 0.216. The van der Waals surface area contributed by atoms with Crippen molar-refractivity contribution in [3.63, 3.8) is 0 Å². The van der Waals surface area contributed by atoms with Gasteiger partial charge in [0.25, 0.3) is 0 Å². The highest BCUT2D eigenvalue weighted by atomic mass is 127. The molecule has 0 amide bonds. The highest BCUT2D eigenvalue weighted by Crippen LogP contribution is 2.33. The molecule has 29 heavy (non-hydrogen) atoms. The molecule has 0 spiro atoms. The average Bonchev–Trinajstić information content (AvgIpc) is 2.66. The van der Waals surface area contributed by atoms with Crippen LogP contribution >= 0.6 is 22.6 Å². The molecule has 168 valence electrons. The van der Waals surface area contributed by atoms with E-state index in [-0.39, 0.29) is 0 Å². The van der Waals surface area contributed by atoms with E-state index in [1.165, 1.54) is 44.9 Å². The van der Waals surface area contributed by atoms with Crippen LogP contribution in [0.15, 0.2) is 22.3 Å². The van der Waals surface area contributed by atoms with E-state index in [2.05, 4.69) is 79.5 Å². The van der Waals surface area contributed by atoms with E-state index in [1.54, 1.807) is 0 Å². The van der Waals surface area contributed by atoms with Crippen LogP contribution in [0.2, 0.25) is 0 Å². The van der Waals surface area contributed by atoms with Gasteiger partial charge in [-0.15, -0.1) is 0 Å². The molecule has 0 aromatic carbocycles. The van der Waals surface area contributed by atoms with E-state index in [9.17, 15) is 0 Å². The molecule has 0 aromatic heterocycles. The topological polar surface area (TPSA) is 18.5 Å². The van der Waals surface area contributed by atoms with E-state index in [0.29, 0.717) is 42.2 Å². The van der Waals surface area contributed by atoms with Crippen LogP contribution in [0.5, 0.6) is 0 Å². The zero-order chi connectivity index (χ0) is 21.2. The van der Waals surface area contributed by atoms with Crippen LogP contribution in [-0.4, -0.2) is 24.4 Å². The fraction of sp³-hybridized carbons (Fsp3) is 0.846. The molecule has 0 radical (unpaired) electrons. The summed E-state index contributed by atoms with van der Waals surface area (Å²) in [6, 6.07) is 0. The van der Waals surface area contributed by atoms with Crippen molar-refractivity contribution in [2.24, 2.45) is 23.7 Å². The summed E-state index contributed by atoms with van der Waals surface area (Å²) in [7, 11) is 0. The highest BCUT2D eigenvalue weighted by Gasteiger charge is 2.31. The lowest BCUT2D eigenvalue weighted by atomic mass is 9.87. The van der Waals surface area contributed by atoms with Gasteiger partial charge in [-0.05, 0) is 79.1 Å². The average molecular weight is 517 g/mol. The molecule has 3 heteroatoms. The lowest BCUT2D eigenvalue weighted by Gasteiger charge is -2.38. The second kappa shape index (κ2) is 13.5. The molecule has 8 atom stereocenters. The Balaban J connectivity index is 1.78. The molecule has 0 saturated carbocycles. The Morgan fingerprint density at radius 2 is 1.55 bits per heavy atom. The third kappa shape index (κ3) is 9.43. The minimum atomic E-state index is 0.398. The predicted molar refractivity (Wildman–Crippen MR) is 134 cm³/mol. The molecule has 2 aliphatic rings. The zero-order valence-corrected chi connectivity index (χ0v) is 21.6. The molecule has 0 bridgehead atoms. The Bertz CT molecular complexity index is 503. The summed E-state index contributed by atoms with van der Waals surface area (Å²) >= 11 is 2.31. The monoisotopic (exact) mass is 516 g/mol. The normalized spacial score (nSPS) is 34.5. The SMILES string of the molecule is CCCC1C[C@H](C)C[C@H](CC2CCC[C@H](C[C@@H](C)/C=C/[C@H](C)[C@@H](C)/C=C/I)O2)O1. The highest BCUT2D eigenvalue weighted by molar-refractivity contribution is 14.1. The van der Waals surface area contributed by atoms with Gasteiger partial charge >= 0.3 is 0 Å². The van der Waals surface area contributed by atoms with Gasteiger partial charge in [-0.3, -0.25) is 0 Å². The van der Waals surface area contributed by atoms with Crippen LogP contribution in [-0.2, 0) is 9.47 Å². The summed E-state index contributed by atoms with van der Waals surface area (Å²) in [6.45, 7) is 11.6. The van der Waals surface area contributed by atoms with E-state index in [4.69, 9.17) is 9.47 Å². The molecular weight excluding hydrogens is 471 g/mol. The molecule has 2 nitrogen and oxygen atoms in total. The Kier molecular flexibility index (Phi) is 11.8. The van der Waals surface area contributed by atoms with E-state index in [1.807, 2.05) is 0 Å². The van der Waals surface area contributed by atoms with Gasteiger partial charge in [-0.25, -0.2) is 0 Å². The van der Waals surface area contributed by atoms with Crippen molar-refractivity contribution in [2.45, 2.75) is 117 Å². The van der Waals surface area contributed by atoms with Crippen molar-refractivity contribution in [2.75, 3.05) is 0 Å². The van der Waals surface area contributed by atoms with E-state index >= 15 is 0 Å². The van der Waals surface area contributed by atoms with Crippen LogP contribution in [0.25, 0.3) is 0 Å². The summed E-state index contributed by atoms with van der Waals surface area (Å²) in [6.07, 6.45) is 19.7. The third-order valence-corrected chi connectivity index (χ3v) is 7.29. The summed E-state index contributed by atoms with van der Waals surface area (Å²) in [4.78, 5) is 0. The van der Waals surface area contributed by atoms with E-state index < -0.39 is 0 Å². The maximum absolute atomic E-state index is 6.56. The molecule has 2 fully saturated rings. The standard InChI is InChI=1S/C26H45IO2/c1-6-8-23-16-20(3)17-26(29-23)18-25-10-7-9-24(28-25)15-19(2)11-12-21(4)22(5)13-14-27/h11-14,19-26H,6-10,15-18H2,1-5H3/b12-11+,14-13+/t19-,20-,21-,22-,23?,24+,25?,26+/m0/s1. The first-order valence-electron chi connectivity index (χ1n) is 12.2. The molecule has 2 rings (SSSR count). The van der Waals surface area contributed by atoms with E-state index in [0.717, 1.165) is 18.8 Å². The van der Waals surface area contributed by atoms with Crippen molar-refractivity contribution in [3.8, 4) is 0 Å². The number of ether oxygens (including phenoxy) is 2. The van der Waals surface area contributed by atoms with Crippen LogP contribution in [0.3, 0.4) is 0 Å². The number of allylic oxidation sites excluding steroid dienone is 3. The van der Waals surface area contributed by atoms with Gasteiger partial charge in [-0.1, -0.05) is 81.9 Å². The number of hydrogen-bond donors (Lipinski definition) is 0. The third-order valence-electron chi connectivity index (χ3n) is 6.87. The first-order valence-corrected chi connectivity index (χ1v) is 13.4. The lowest BCUT2D eigenvalue weighted by Crippen LogP contribution is -2.37. The minimum Gasteiger partial charge on any atom is -0.375 e. The number of hydrogen-bond acceptors (Lipinski definition) is 2. The zero-order valence-electron chi connectivity index (χ0n) is 19.5. The Morgan fingerprint density at radius 1 is 0.897 bits per heavy atom. The van der Waals surface area contributed by atoms with Crippen molar-refractivity contribution in [1.29, 1.82) is 0 Å². The van der Waals surface area contributed by atoms with Crippen molar-refractivity contribution in [1.82, 2.24) is 0 Å². The summed E-state index contributed by atoms with van der Waals surface area (Å²) in [5.41, 5.74) is 0. The summed E-state index contributed by atoms with van der Waals surface area (Å²) in [5.74, 6) is 2.56. The Hall–Kier alpha value is 0.130. The van der Waals surface area contributed by atoms with Crippen molar-refractivity contribution >= 4 is 22.6 Å². The number of rotatable bonds is 10. The fourth-order valence-corrected chi connectivity index (χ4v) is 5.64. The molecule has 0 aromatic rings. The molecule has 2 aliphatic heterocycles. The second-order valence-corrected chi connectivity index (χ2v) is 10.6. The Morgan fingerprint density at radius 3 is 2.28 bits per heavy atom. The number of halogens is 1. The van der Waals surface area contributed by atoms with Crippen LogP contribution in [0.4, 0.5) is 0 Å². The predicted octanol–water partition coefficient (Wildman–Crippen LogP) is 8.10. The lowest BCUT2D eigenvalue weighted by molar-refractivity contribution is -0.118. The first kappa shape index (κ1) is 25.4. The minimum absolute atomic E-state index is 0.398. The van der Waals surface area contributed by atoms with Gasteiger partial charge in [0, 0.05) is 0 Å². The van der Waals surface area contributed by atoms with Gasteiger partial charge in [0.1, 0.15) is 0 Å². The van der Waals surface area contributed by atoms with Gasteiger partial charge in [0.2, 0.25) is 0 Å². The van der Waals surface area contributed by atoms with Gasteiger partial charge in [-0.2, -0.15) is 0 Å². The molecule has 2 unspecified atom stereocenters. The maximum Gasteiger partial charge on any atom is 0.0606 e. The Labute approximate surface area is 194 Å². The molecule has 0 N–H and O–H groups in total. The molecule has 2 saturated heterocycles. The largest absolute Gasteiger partial charge is 0.375 e.